The van der Waals surface area contributed by atoms with Crippen molar-refractivity contribution in [3.05, 3.63) is 35.1 Å². The van der Waals surface area contributed by atoms with Crippen LogP contribution in [0.1, 0.15) is 48.9 Å². The maximum atomic E-state index is 13.7. The second kappa shape index (κ2) is 8.80. The molecule has 2 aliphatic rings. The average Bonchev–Trinajstić information content (AvgIpc) is 3.34. The highest BCUT2D eigenvalue weighted by molar-refractivity contribution is 7.84. The third-order valence-corrected chi connectivity index (χ3v) is 7.87. The fourth-order valence-corrected chi connectivity index (χ4v) is 5.79. The summed E-state index contributed by atoms with van der Waals surface area (Å²) in [5.74, 6) is 0.432. The zero-order valence-electron chi connectivity index (χ0n) is 17.9. The molecule has 1 aliphatic heterocycles. The van der Waals surface area contributed by atoms with Crippen molar-refractivity contribution in [3.8, 4) is 10.6 Å². The standard InChI is InChI=1S/C21H23F3N6OS2/c1-33(31)14-8-17(32-11-14)19-15(21(22,23)24)9-26-20(28-19)27-16-10-30(13-4-6-25-7-5-13)29-18(16)12-2-3-12/h8-13,25H,2-7H2,1H3,(H,26,27,28). The lowest BCUT2D eigenvalue weighted by atomic mass is 10.1. The topological polar surface area (TPSA) is 84.7 Å². The van der Waals surface area contributed by atoms with Crippen LogP contribution < -0.4 is 10.6 Å². The molecule has 1 saturated carbocycles. The van der Waals surface area contributed by atoms with Crippen LogP contribution >= 0.6 is 11.3 Å². The summed E-state index contributed by atoms with van der Waals surface area (Å²) in [6.07, 6.45) is 3.66. The van der Waals surface area contributed by atoms with Crippen molar-refractivity contribution in [2.75, 3.05) is 24.7 Å². The van der Waals surface area contributed by atoms with E-state index in [4.69, 9.17) is 5.10 Å². The smallest absolute Gasteiger partial charge is 0.321 e. The molecule has 3 aromatic rings. The Kier molecular flexibility index (Phi) is 6.00. The SMILES string of the molecule is CS(=O)c1csc(-c2nc(Nc3cn(C4CCNCC4)nc3C3CC3)ncc2C(F)(F)F)c1. The number of piperidine rings is 1. The Bertz CT molecular complexity index is 1180. The van der Waals surface area contributed by atoms with Gasteiger partial charge in [-0.05, 0) is 44.8 Å². The summed E-state index contributed by atoms with van der Waals surface area (Å²) in [5.41, 5.74) is 0.512. The van der Waals surface area contributed by atoms with Crippen molar-refractivity contribution >= 4 is 33.8 Å². The summed E-state index contributed by atoms with van der Waals surface area (Å²) in [5, 5.41) is 12.9. The third-order valence-electron chi connectivity index (χ3n) is 5.89. The Hall–Kier alpha value is -2.31. The summed E-state index contributed by atoms with van der Waals surface area (Å²) in [6.45, 7) is 1.87. The number of thiophene rings is 1. The summed E-state index contributed by atoms with van der Waals surface area (Å²) in [7, 11) is -1.29. The van der Waals surface area contributed by atoms with Crippen LogP contribution in [-0.2, 0) is 17.0 Å². The zero-order chi connectivity index (χ0) is 23.2. The number of nitrogens with one attached hydrogen (secondary N) is 2. The van der Waals surface area contributed by atoms with E-state index in [-0.39, 0.29) is 11.6 Å². The van der Waals surface area contributed by atoms with Crippen LogP contribution in [0.2, 0.25) is 0 Å². The second-order valence-electron chi connectivity index (χ2n) is 8.34. The Morgan fingerprint density at radius 2 is 2.00 bits per heavy atom. The molecule has 2 N–H and O–H groups in total. The monoisotopic (exact) mass is 496 g/mol. The van der Waals surface area contributed by atoms with Crippen molar-refractivity contribution in [1.29, 1.82) is 0 Å². The fraction of sp³-hybridized carbons (Fsp3) is 0.476. The van der Waals surface area contributed by atoms with Crippen LogP contribution in [0.15, 0.2) is 28.7 Å². The highest BCUT2D eigenvalue weighted by atomic mass is 32.2. The largest absolute Gasteiger partial charge is 0.420 e. The van der Waals surface area contributed by atoms with E-state index in [9.17, 15) is 17.4 Å². The molecule has 1 unspecified atom stereocenters. The molecule has 0 aromatic carbocycles. The van der Waals surface area contributed by atoms with Crippen LogP contribution in [0, 0.1) is 0 Å². The lowest BCUT2D eigenvalue weighted by molar-refractivity contribution is -0.137. The molecular weight excluding hydrogens is 473 g/mol. The van der Waals surface area contributed by atoms with E-state index < -0.39 is 22.5 Å². The van der Waals surface area contributed by atoms with Gasteiger partial charge >= 0.3 is 6.18 Å². The second-order valence-corrected chi connectivity index (χ2v) is 10.6. The van der Waals surface area contributed by atoms with Crippen LogP contribution in [0.4, 0.5) is 24.8 Å². The molecule has 176 valence electrons. The average molecular weight is 497 g/mol. The number of hydrogen-bond donors (Lipinski definition) is 2. The summed E-state index contributed by atoms with van der Waals surface area (Å²) >= 11 is 1.08. The molecular formula is C21H23F3N6OS2. The quantitative estimate of drug-likeness (QED) is 0.515. The van der Waals surface area contributed by atoms with Crippen molar-refractivity contribution < 1.29 is 17.4 Å². The van der Waals surface area contributed by atoms with Crippen LogP contribution in [0.5, 0.6) is 0 Å². The third kappa shape index (κ3) is 4.82. The molecule has 4 heterocycles. The number of anilines is 2. The van der Waals surface area contributed by atoms with Gasteiger partial charge in [0.15, 0.2) is 0 Å². The van der Waals surface area contributed by atoms with E-state index in [0.29, 0.717) is 21.7 Å². The van der Waals surface area contributed by atoms with Crippen molar-refractivity contribution in [2.45, 2.75) is 48.7 Å². The maximum absolute atomic E-state index is 13.7. The highest BCUT2D eigenvalue weighted by Crippen LogP contribution is 2.44. The van der Waals surface area contributed by atoms with E-state index in [1.807, 2.05) is 10.9 Å². The van der Waals surface area contributed by atoms with Gasteiger partial charge in [-0.2, -0.15) is 18.3 Å². The minimum Gasteiger partial charge on any atom is -0.321 e. The number of alkyl halides is 3. The van der Waals surface area contributed by atoms with Gasteiger partial charge in [-0.3, -0.25) is 8.89 Å². The molecule has 2 fully saturated rings. The molecule has 1 aliphatic carbocycles. The van der Waals surface area contributed by atoms with Gasteiger partial charge in [0.25, 0.3) is 0 Å². The van der Waals surface area contributed by atoms with Gasteiger partial charge in [0.1, 0.15) is 5.56 Å². The van der Waals surface area contributed by atoms with E-state index in [1.54, 1.807) is 5.38 Å². The Morgan fingerprint density at radius 1 is 1.24 bits per heavy atom. The zero-order valence-corrected chi connectivity index (χ0v) is 19.5. The van der Waals surface area contributed by atoms with Gasteiger partial charge in [-0.15, -0.1) is 11.3 Å². The lowest BCUT2D eigenvalue weighted by Gasteiger charge is -2.22. The summed E-state index contributed by atoms with van der Waals surface area (Å²) < 4.78 is 54.7. The van der Waals surface area contributed by atoms with Gasteiger partial charge in [-0.1, -0.05) is 0 Å². The normalized spacial score (nSPS) is 18.4. The van der Waals surface area contributed by atoms with Gasteiger partial charge in [0.05, 0.1) is 38.8 Å². The van der Waals surface area contributed by atoms with Crippen LogP contribution in [0.3, 0.4) is 0 Å². The van der Waals surface area contributed by atoms with E-state index in [1.165, 1.54) is 12.3 Å². The van der Waals surface area contributed by atoms with Crippen molar-refractivity contribution in [3.63, 3.8) is 0 Å². The molecule has 0 bridgehead atoms. The van der Waals surface area contributed by atoms with Crippen LogP contribution in [-0.4, -0.2) is 43.3 Å². The van der Waals surface area contributed by atoms with Gasteiger partial charge in [-0.25, -0.2) is 9.97 Å². The summed E-state index contributed by atoms with van der Waals surface area (Å²) in [4.78, 5) is 8.97. The van der Waals surface area contributed by atoms with E-state index in [0.717, 1.165) is 67.7 Å². The molecule has 0 amide bonds. The molecule has 3 aromatic heterocycles. The van der Waals surface area contributed by atoms with Crippen molar-refractivity contribution in [1.82, 2.24) is 25.1 Å². The highest BCUT2D eigenvalue weighted by Gasteiger charge is 2.36. The fourth-order valence-electron chi connectivity index (χ4n) is 3.97. The van der Waals surface area contributed by atoms with Gasteiger partial charge < -0.3 is 10.6 Å². The number of halogens is 3. The molecule has 1 atom stereocenters. The van der Waals surface area contributed by atoms with E-state index in [2.05, 4.69) is 20.6 Å². The van der Waals surface area contributed by atoms with Crippen LogP contribution in [0.25, 0.3) is 10.6 Å². The minimum absolute atomic E-state index is 0.0809. The molecule has 5 rings (SSSR count). The lowest BCUT2D eigenvalue weighted by Crippen LogP contribution is -2.29. The number of nitrogens with zero attached hydrogens (tertiary/aromatic N) is 4. The predicted octanol–water partition coefficient (Wildman–Crippen LogP) is 4.70. The number of hydrogen-bond acceptors (Lipinski definition) is 7. The first-order valence-electron chi connectivity index (χ1n) is 10.7. The molecule has 0 spiro atoms. The first-order chi connectivity index (χ1) is 15.8. The minimum atomic E-state index is -4.61. The Labute approximate surface area is 195 Å². The number of aromatic nitrogens is 4. The number of rotatable bonds is 6. The van der Waals surface area contributed by atoms with E-state index >= 15 is 0 Å². The molecule has 0 radical (unpaired) electrons. The Morgan fingerprint density at radius 3 is 2.64 bits per heavy atom. The maximum Gasteiger partial charge on any atom is 0.420 e. The first-order valence-corrected chi connectivity index (χ1v) is 13.2. The van der Waals surface area contributed by atoms with Gasteiger partial charge in [0, 0.05) is 34.8 Å². The predicted molar refractivity (Wildman–Crippen MR) is 121 cm³/mol. The molecule has 7 nitrogen and oxygen atoms in total. The molecule has 1 saturated heterocycles. The summed E-state index contributed by atoms with van der Waals surface area (Å²) in [6, 6.07) is 1.79. The molecule has 33 heavy (non-hydrogen) atoms. The first kappa shape index (κ1) is 22.5. The van der Waals surface area contributed by atoms with Crippen molar-refractivity contribution in [2.24, 2.45) is 0 Å². The molecule has 12 heteroatoms. The Balaban J connectivity index is 1.50. The van der Waals surface area contributed by atoms with Gasteiger partial charge in [0.2, 0.25) is 5.95 Å².